The third-order valence-corrected chi connectivity index (χ3v) is 3.61. The lowest BCUT2D eigenvalue weighted by Crippen LogP contribution is -2.08. The maximum atomic E-state index is 10.6. The number of hydrogen-bond acceptors (Lipinski definition) is 3. The SMILES string of the molecule is CC(C)Oc1ccc(Nc2ccc(/C=C/C(=O)O)cc2)cc1C(C)C. The molecule has 0 aliphatic rings. The molecule has 0 amide bonds. The van der Waals surface area contributed by atoms with Crippen LogP contribution in [0.4, 0.5) is 11.4 Å². The Hall–Kier alpha value is -2.75. The minimum Gasteiger partial charge on any atom is -0.491 e. The topological polar surface area (TPSA) is 58.6 Å². The zero-order chi connectivity index (χ0) is 18.4. The predicted molar refractivity (Wildman–Crippen MR) is 103 cm³/mol. The summed E-state index contributed by atoms with van der Waals surface area (Å²) in [5.41, 5.74) is 3.95. The molecule has 0 bridgehead atoms. The maximum absolute atomic E-state index is 10.6. The first-order chi connectivity index (χ1) is 11.8. The summed E-state index contributed by atoms with van der Waals surface area (Å²) in [6.45, 7) is 8.35. The van der Waals surface area contributed by atoms with E-state index in [9.17, 15) is 4.79 Å². The van der Waals surface area contributed by atoms with Gasteiger partial charge in [-0.2, -0.15) is 0 Å². The van der Waals surface area contributed by atoms with Crippen LogP contribution >= 0.6 is 0 Å². The van der Waals surface area contributed by atoms with E-state index in [4.69, 9.17) is 9.84 Å². The summed E-state index contributed by atoms with van der Waals surface area (Å²) in [7, 11) is 0. The van der Waals surface area contributed by atoms with Crippen LogP contribution in [-0.4, -0.2) is 17.2 Å². The van der Waals surface area contributed by atoms with Gasteiger partial charge in [-0.25, -0.2) is 4.79 Å². The standard InChI is InChI=1S/C21H25NO3/c1-14(2)19-13-18(10-11-20(19)25-15(3)4)22-17-8-5-16(6-9-17)7-12-21(23)24/h5-15,22H,1-4H3,(H,23,24)/b12-7+. The summed E-state index contributed by atoms with van der Waals surface area (Å²) in [6, 6.07) is 13.7. The molecule has 4 heteroatoms. The van der Waals surface area contributed by atoms with Crippen LogP contribution < -0.4 is 10.1 Å². The van der Waals surface area contributed by atoms with Gasteiger partial charge in [-0.1, -0.05) is 26.0 Å². The summed E-state index contributed by atoms with van der Waals surface area (Å²) in [5, 5.41) is 12.0. The number of carboxylic acids is 1. The quantitative estimate of drug-likeness (QED) is 0.660. The van der Waals surface area contributed by atoms with Crippen molar-refractivity contribution in [1.82, 2.24) is 0 Å². The number of hydrogen-bond donors (Lipinski definition) is 2. The lowest BCUT2D eigenvalue weighted by Gasteiger charge is -2.18. The maximum Gasteiger partial charge on any atom is 0.328 e. The van der Waals surface area contributed by atoms with Gasteiger partial charge in [0.05, 0.1) is 6.10 Å². The molecule has 2 rings (SSSR count). The molecular formula is C21H25NO3. The molecule has 4 nitrogen and oxygen atoms in total. The zero-order valence-electron chi connectivity index (χ0n) is 15.1. The van der Waals surface area contributed by atoms with Gasteiger partial charge in [0.15, 0.2) is 0 Å². The van der Waals surface area contributed by atoms with Crippen molar-refractivity contribution in [1.29, 1.82) is 0 Å². The number of ether oxygens (including phenoxy) is 1. The normalized spacial score (nSPS) is 11.3. The van der Waals surface area contributed by atoms with Crippen LogP contribution in [0.5, 0.6) is 5.75 Å². The van der Waals surface area contributed by atoms with Crippen LogP contribution in [0.25, 0.3) is 6.08 Å². The Labute approximate surface area is 149 Å². The van der Waals surface area contributed by atoms with E-state index in [0.717, 1.165) is 28.8 Å². The molecule has 0 heterocycles. The molecule has 2 aromatic rings. The lowest BCUT2D eigenvalue weighted by atomic mass is 10.0. The van der Waals surface area contributed by atoms with Crippen molar-refractivity contribution < 1.29 is 14.6 Å². The lowest BCUT2D eigenvalue weighted by molar-refractivity contribution is -0.131. The number of carbonyl (C=O) groups is 1. The van der Waals surface area contributed by atoms with Gasteiger partial charge >= 0.3 is 5.97 Å². The minimum absolute atomic E-state index is 0.141. The molecule has 0 radical (unpaired) electrons. The van der Waals surface area contributed by atoms with E-state index in [1.807, 2.05) is 50.2 Å². The molecule has 2 N–H and O–H groups in total. The molecule has 0 aliphatic heterocycles. The van der Waals surface area contributed by atoms with E-state index < -0.39 is 5.97 Å². The molecule has 132 valence electrons. The van der Waals surface area contributed by atoms with Gasteiger partial charge in [-0.15, -0.1) is 0 Å². The molecule has 2 aromatic carbocycles. The van der Waals surface area contributed by atoms with Crippen molar-refractivity contribution in [3.05, 3.63) is 59.7 Å². The van der Waals surface area contributed by atoms with Gasteiger partial charge in [0.1, 0.15) is 5.75 Å². The van der Waals surface area contributed by atoms with Crippen LogP contribution in [0.1, 0.15) is 44.7 Å². The van der Waals surface area contributed by atoms with Gasteiger partial charge in [0.2, 0.25) is 0 Å². The van der Waals surface area contributed by atoms with E-state index in [0.29, 0.717) is 5.92 Å². The van der Waals surface area contributed by atoms with Crippen molar-refractivity contribution in [2.75, 3.05) is 5.32 Å². The van der Waals surface area contributed by atoms with Crippen LogP contribution in [0.2, 0.25) is 0 Å². The third-order valence-electron chi connectivity index (χ3n) is 3.61. The Bertz CT molecular complexity index is 746. The molecule has 0 spiro atoms. The highest BCUT2D eigenvalue weighted by Gasteiger charge is 2.10. The highest BCUT2D eigenvalue weighted by Crippen LogP contribution is 2.31. The first-order valence-corrected chi connectivity index (χ1v) is 8.44. The Morgan fingerprint density at radius 2 is 1.68 bits per heavy atom. The van der Waals surface area contributed by atoms with E-state index >= 15 is 0 Å². The van der Waals surface area contributed by atoms with E-state index in [1.54, 1.807) is 6.08 Å². The number of anilines is 2. The Kier molecular flexibility index (Phi) is 6.23. The Balaban J connectivity index is 2.17. The fourth-order valence-corrected chi connectivity index (χ4v) is 2.45. The van der Waals surface area contributed by atoms with Gasteiger partial charge in [0.25, 0.3) is 0 Å². The molecule has 0 saturated carbocycles. The van der Waals surface area contributed by atoms with Crippen LogP contribution in [-0.2, 0) is 4.79 Å². The molecule has 0 fully saturated rings. The van der Waals surface area contributed by atoms with Crippen molar-refractivity contribution >= 4 is 23.4 Å². The number of benzene rings is 2. The third kappa shape index (κ3) is 5.68. The second kappa shape index (κ2) is 8.38. The summed E-state index contributed by atoms with van der Waals surface area (Å²) < 4.78 is 5.89. The fourth-order valence-electron chi connectivity index (χ4n) is 2.45. The van der Waals surface area contributed by atoms with Gasteiger partial charge in [-0.05, 0) is 67.3 Å². The molecule has 0 aliphatic carbocycles. The highest BCUT2D eigenvalue weighted by atomic mass is 16.5. The van der Waals surface area contributed by atoms with Crippen LogP contribution in [0, 0.1) is 0 Å². The molecule has 0 atom stereocenters. The molecule has 25 heavy (non-hydrogen) atoms. The van der Waals surface area contributed by atoms with Gasteiger partial charge < -0.3 is 15.2 Å². The number of carboxylic acid groups (broad SMARTS) is 1. The fraction of sp³-hybridized carbons (Fsp3) is 0.286. The average molecular weight is 339 g/mol. The minimum atomic E-state index is -0.952. The smallest absolute Gasteiger partial charge is 0.328 e. The van der Waals surface area contributed by atoms with Crippen LogP contribution in [0.15, 0.2) is 48.5 Å². The molecule has 0 unspecified atom stereocenters. The highest BCUT2D eigenvalue weighted by molar-refractivity contribution is 5.85. The van der Waals surface area contributed by atoms with Crippen molar-refractivity contribution in [3.63, 3.8) is 0 Å². The average Bonchev–Trinajstić information content (AvgIpc) is 2.55. The second-order valence-corrected chi connectivity index (χ2v) is 6.49. The number of nitrogens with one attached hydrogen (secondary N) is 1. The van der Waals surface area contributed by atoms with Crippen molar-refractivity contribution in [3.8, 4) is 5.75 Å². The largest absolute Gasteiger partial charge is 0.491 e. The van der Waals surface area contributed by atoms with Crippen molar-refractivity contribution in [2.24, 2.45) is 0 Å². The van der Waals surface area contributed by atoms with Gasteiger partial charge in [-0.3, -0.25) is 0 Å². The monoisotopic (exact) mass is 339 g/mol. The summed E-state index contributed by atoms with van der Waals surface area (Å²) in [6.07, 6.45) is 2.84. The van der Waals surface area contributed by atoms with Gasteiger partial charge in [0, 0.05) is 17.5 Å². The molecular weight excluding hydrogens is 314 g/mol. The summed E-state index contributed by atoms with van der Waals surface area (Å²) >= 11 is 0. The first-order valence-electron chi connectivity index (χ1n) is 8.44. The molecule has 0 aromatic heterocycles. The summed E-state index contributed by atoms with van der Waals surface area (Å²) in [5.74, 6) is 0.330. The summed E-state index contributed by atoms with van der Waals surface area (Å²) in [4.78, 5) is 10.6. The van der Waals surface area contributed by atoms with Crippen LogP contribution in [0.3, 0.4) is 0 Å². The number of aliphatic carboxylic acids is 1. The first kappa shape index (κ1) is 18.6. The van der Waals surface area contributed by atoms with Crippen molar-refractivity contribution in [2.45, 2.75) is 39.7 Å². The van der Waals surface area contributed by atoms with E-state index in [2.05, 4.69) is 25.2 Å². The van der Waals surface area contributed by atoms with E-state index in [-0.39, 0.29) is 6.10 Å². The predicted octanol–water partition coefficient (Wildman–Crippen LogP) is 5.44. The van der Waals surface area contributed by atoms with E-state index in [1.165, 1.54) is 5.56 Å². The Morgan fingerprint density at radius 3 is 2.24 bits per heavy atom. The zero-order valence-corrected chi connectivity index (χ0v) is 15.1. The Morgan fingerprint density at radius 1 is 1.04 bits per heavy atom. The molecule has 0 saturated heterocycles. The second-order valence-electron chi connectivity index (χ2n) is 6.49. The number of rotatable bonds is 7.